The van der Waals surface area contributed by atoms with E-state index >= 15 is 0 Å². The molecule has 1 fully saturated rings. The number of halogens is 1. The average molecular weight is 444 g/mol. The van der Waals surface area contributed by atoms with E-state index in [1.54, 1.807) is 6.07 Å². The Morgan fingerprint density at radius 3 is 2.78 bits per heavy atom. The second-order valence-electron chi connectivity index (χ2n) is 5.81. The highest BCUT2D eigenvalue weighted by atomic mass is 79.9. The molecule has 7 heteroatoms. The zero-order valence-corrected chi connectivity index (χ0v) is 17.1. The molecule has 138 valence electrons. The molecule has 1 aliphatic heterocycles. The van der Waals surface area contributed by atoms with Crippen LogP contribution in [0, 0.1) is 11.3 Å². The average Bonchev–Trinajstić information content (AvgIpc) is 3.00. The van der Waals surface area contributed by atoms with Crippen LogP contribution >= 0.6 is 27.7 Å². The lowest BCUT2D eigenvalue weighted by atomic mass is 10.1. The minimum Gasteiger partial charge on any atom is -0.478 e. The zero-order chi connectivity index (χ0) is 19.2. The number of amides is 1. The van der Waals surface area contributed by atoms with Crippen molar-refractivity contribution in [2.24, 2.45) is 0 Å². The number of thioether (sulfide) groups is 1. The van der Waals surface area contributed by atoms with Gasteiger partial charge in [0, 0.05) is 5.69 Å². The topological polar surface area (TPSA) is 74.2 Å². The second kappa shape index (κ2) is 8.98. The van der Waals surface area contributed by atoms with Crippen molar-refractivity contribution in [3.05, 3.63) is 63.0 Å². The fourth-order valence-corrected chi connectivity index (χ4v) is 4.03. The Bertz CT molecular complexity index is 906. The third-order valence-electron chi connectivity index (χ3n) is 3.94. The van der Waals surface area contributed by atoms with Crippen molar-refractivity contribution >= 4 is 45.4 Å². The smallest absolute Gasteiger partial charge is 0.260 e. The molecule has 1 saturated heterocycles. The molecule has 5 nitrogen and oxygen atoms in total. The summed E-state index contributed by atoms with van der Waals surface area (Å²) in [6, 6.07) is 15.6. The van der Waals surface area contributed by atoms with E-state index in [1.165, 1.54) is 17.3 Å². The Balaban J connectivity index is 1.67. The minimum atomic E-state index is -0.210. The van der Waals surface area contributed by atoms with Gasteiger partial charge < -0.3 is 15.4 Å². The van der Waals surface area contributed by atoms with E-state index in [0.717, 1.165) is 22.1 Å². The van der Waals surface area contributed by atoms with Gasteiger partial charge in [0.1, 0.15) is 11.8 Å². The highest BCUT2D eigenvalue weighted by Crippen LogP contribution is 2.32. The molecule has 1 atom stereocenters. The zero-order valence-electron chi connectivity index (χ0n) is 14.7. The molecule has 1 aliphatic rings. The molecule has 0 spiro atoms. The molecule has 3 rings (SSSR count). The minimum absolute atomic E-state index is 0.0100. The largest absolute Gasteiger partial charge is 0.478 e. The van der Waals surface area contributed by atoms with Crippen molar-refractivity contribution in [3.63, 3.8) is 0 Å². The number of hydrogen-bond donors (Lipinski definition) is 2. The maximum atomic E-state index is 12.3. The molecule has 1 amide bonds. The van der Waals surface area contributed by atoms with Gasteiger partial charge in [-0.1, -0.05) is 36.9 Å². The second-order valence-corrected chi connectivity index (χ2v) is 7.81. The van der Waals surface area contributed by atoms with Gasteiger partial charge in [-0.05, 0) is 63.8 Å². The molecule has 0 radical (unpaired) electrons. The molecule has 2 aromatic carbocycles. The van der Waals surface area contributed by atoms with Crippen LogP contribution < -0.4 is 15.4 Å². The standard InChI is InChI=1S/C20H18BrN3O2S/c1-2-13-3-6-15(7-4-13)23-20-24-19(25)18(27-20)12-14-5-8-17(16(21)11-14)26-10-9-22/h3-8,11-12,20,23H,2,10H2,1H3,(H,24,25)/b18-12-/t20-/m0/s1. The van der Waals surface area contributed by atoms with Gasteiger partial charge in [0.25, 0.3) is 5.91 Å². The van der Waals surface area contributed by atoms with Crippen LogP contribution in [0.3, 0.4) is 0 Å². The quantitative estimate of drug-likeness (QED) is 0.642. The van der Waals surface area contributed by atoms with Crippen LogP contribution in [0.5, 0.6) is 5.75 Å². The van der Waals surface area contributed by atoms with E-state index in [1.807, 2.05) is 36.4 Å². The summed E-state index contributed by atoms with van der Waals surface area (Å²) in [5, 5.41) is 14.8. The van der Waals surface area contributed by atoms with E-state index < -0.39 is 0 Å². The molecular formula is C20H18BrN3O2S. The number of ether oxygens (including phenoxy) is 1. The number of carbonyl (C=O) groups is 1. The van der Waals surface area contributed by atoms with E-state index in [-0.39, 0.29) is 18.0 Å². The van der Waals surface area contributed by atoms with Crippen LogP contribution in [0.4, 0.5) is 5.69 Å². The molecule has 0 saturated carbocycles. The summed E-state index contributed by atoms with van der Waals surface area (Å²) in [6.45, 7) is 2.11. The maximum Gasteiger partial charge on any atom is 0.260 e. The number of nitriles is 1. The first kappa shape index (κ1) is 19.3. The van der Waals surface area contributed by atoms with Crippen LogP contribution in [0.25, 0.3) is 6.08 Å². The number of rotatable bonds is 6. The number of aryl methyl sites for hydroxylation is 1. The van der Waals surface area contributed by atoms with Crippen molar-refractivity contribution in [1.82, 2.24) is 5.32 Å². The summed E-state index contributed by atoms with van der Waals surface area (Å²) in [7, 11) is 0. The lowest BCUT2D eigenvalue weighted by Crippen LogP contribution is -2.30. The summed E-state index contributed by atoms with van der Waals surface area (Å²) in [5.41, 5.74) is 2.90. The first-order chi connectivity index (χ1) is 13.1. The normalized spacial score (nSPS) is 17.4. The van der Waals surface area contributed by atoms with Gasteiger partial charge in [-0.2, -0.15) is 5.26 Å². The fraction of sp³-hybridized carbons (Fsp3) is 0.200. The van der Waals surface area contributed by atoms with E-state index in [9.17, 15) is 4.79 Å². The van der Waals surface area contributed by atoms with Crippen LogP contribution in [0.2, 0.25) is 0 Å². The lowest BCUT2D eigenvalue weighted by molar-refractivity contribution is -0.116. The number of benzene rings is 2. The molecule has 1 heterocycles. The Morgan fingerprint density at radius 1 is 1.33 bits per heavy atom. The Labute approximate surface area is 170 Å². The number of hydrogen-bond acceptors (Lipinski definition) is 5. The van der Waals surface area contributed by atoms with Gasteiger partial charge in [0.05, 0.1) is 9.38 Å². The Morgan fingerprint density at radius 2 is 2.11 bits per heavy atom. The number of anilines is 1. The molecular weight excluding hydrogens is 426 g/mol. The molecule has 0 aromatic heterocycles. The maximum absolute atomic E-state index is 12.3. The molecule has 0 bridgehead atoms. The van der Waals surface area contributed by atoms with Crippen LogP contribution in [0.15, 0.2) is 51.8 Å². The molecule has 0 aliphatic carbocycles. The fourth-order valence-electron chi connectivity index (χ4n) is 2.54. The number of nitrogens with one attached hydrogen (secondary N) is 2. The van der Waals surface area contributed by atoms with Gasteiger partial charge >= 0.3 is 0 Å². The predicted molar refractivity (Wildman–Crippen MR) is 112 cm³/mol. The summed E-state index contributed by atoms with van der Waals surface area (Å²) in [5.74, 6) is 0.487. The van der Waals surface area contributed by atoms with Crippen molar-refractivity contribution in [2.75, 3.05) is 11.9 Å². The van der Waals surface area contributed by atoms with Gasteiger partial charge in [0.15, 0.2) is 12.1 Å². The van der Waals surface area contributed by atoms with Crippen LogP contribution in [-0.4, -0.2) is 18.0 Å². The van der Waals surface area contributed by atoms with Crippen LogP contribution in [-0.2, 0) is 11.2 Å². The highest BCUT2D eigenvalue weighted by molar-refractivity contribution is 9.10. The third kappa shape index (κ3) is 5.06. The van der Waals surface area contributed by atoms with E-state index in [0.29, 0.717) is 10.7 Å². The molecule has 0 unspecified atom stereocenters. The molecule has 27 heavy (non-hydrogen) atoms. The summed E-state index contributed by atoms with van der Waals surface area (Å²) in [4.78, 5) is 12.9. The van der Waals surface area contributed by atoms with Gasteiger partial charge in [-0.25, -0.2) is 0 Å². The summed E-state index contributed by atoms with van der Waals surface area (Å²) < 4.78 is 6.05. The highest BCUT2D eigenvalue weighted by Gasteiger charge is 2.27. The molecule has 2 N–H and O–H groups in total. The molecule has 2 aromatic rings. The summed E-state index contributed by atoms with van der Waals surface area (Å²) in [6.07, 6.45) is 2.83. The first-order valence-electron chi connectivity index (χ1n) is 8.43. The van der Waals surface area contributed by atoms with Gasteiger partial charge in [-0.15, -0.1) is 0 Å². The van der Waals surface area contributed by atoms with Crippen LogP contribution in [0.1, 0.15) is 18.1 Å². The Kier molecular flexibility index (Phi) is 6.43. The predicted octanol–water partition coefficient (Wildman–Crippen LogP) is 4.51. The Hall–Kier alpha value is -2.43. The van der Waals surface area contributed by atoms with Gasteiger partial charge in [-0.3, -0.25) is 4.79 Å². The van der Waals surface area contributed by atoms with E-state index in [4.69, 9.17) is 10.00 Å². The summed E-state index contributed by atoms with van der Waals surface area (Å²) >= 11 is 4.87. The lowest BCUT2D eigenvalue weighted by Gasteiger charge is -2.12. The van der Waals surface area contributed by atoms with Crippen molar-refractivity contribution in [2.45, 2.75) is 18.8 Å². The third-order valence-corrected chi connectivity index (χ3v) is 5.58. The van der Waals surface area contributed by atoms with Crippen molar-refractivity contribution < 1.29 is 9.53 Å². The monoisotopic (exact) mass is 443 g/mol. The van der Waals surface area contributed by atoms with E-state index in [2.05, 4.69) is 45.6 Å². The van der Waals surface area contributed by atoms with Crippen molar-refractivity contribution in [3.8, 4) is 11.8 Å². The number of carbonyl (C=O) groups excluding carboxylic acids is 1. The first-order valence-corrected chi connectivity index (χ1v) is 10.1. The van der Waals surface area contributed by atoms with Crippen molar-refractivity contribution in [1.29, 1.82) is 5.26 Å². The SMILES string of the molecule is CCc1ccc(N[C@H]2NC(=O)/C(=C/c3ccc(OCC#N)c(Br)c3)S2)cc1. The van der Waals surface area contributed by atoms with Gasteiger partial charge in [0.2, 0.25) is 0 Å². The number of nitrogens with zero attached hydrogens (tertiary/aromatic N) is 1.